The minimum atomic E-state index is -0.299. The van der Waals surface area contributed by atoms with Crippen molar-refractivity contribution < 1.29 is 14.3 Å². The van der Waals surface area contributed by atoms with E-state index in [-0.39, 0.29) is 23.3 Å². The number of nitrogens with one attached hydrogen (secondary N) is 3. The van der Waals surface area contributed by atoms with E-state index in [1.165, 1.54) is 5.56 Å². The third-order valence-electron chi connectivity index (χ3n) is 9.43. The Kier molecular flexibility index (Phi) is 11.3. The number of nitrogens with zero attached hydrogens (tertiary/aromatic N) is 3. The molecule has 12 heteroatoms. The summed E-state index contributed by atoms with van der Waals surface area (Å²) in [5.41, 5.74) is 17.0. The second-order valence-electron chi connectivity index (χ2n) is 13.2. The standard InChI is InChI=1S/C39H46N8O4/c1-2-3-22-51-34-23-33-35(36(41)44-34)45-39(50)47(33)25-28-10-8-27(9-11-28)24-46-20-17-26(18-21-46)16-19-42-38(49)31-6-4-5-7-32(31)43-37(48)29-12-14-30(40)15-13-29/h4-15,23,26H,2-3,16-22,24-25,40H2,1H3,(H2,41,44)(H,42,49)(H,43,48)(H,45,50). The number of nitrogen functional groups attached to an aromatic ring is 2. The van der Waals surface area contributed by atoms with E-state index in [9.17, 15) is 14.4 Å². The largest absolute Gasteiger partial charge is 0.478 e. The molecule has 1 aliphatic rings. The minimum absolute atomic E-state index is 0.207. The number of piperidine rings is 1. The Hall–Kier alpha value is -5.62. The predicted octanol–water partition coefficient (Wildman–Crippen LogP) is 5.40. The second kappa shape index (κ2) is 16.4. The number of hydrogen-bond acceptors (Lipinski definition) is 8. The number of para-hydroxylation sites is 1. The number of benzene rings is 3. The molecule has 0 spiro atoms. The highest BCUT2D eigenvalue weighted by atomic mass is 16.5. The number of H-pyrrole nitrogens is 1. The quantitative estimate of drug-likeness (QED) is 0.0761. The van der Waals surface area contributed by atoms with Crippen molar-refractivity contribution in [1.82, 2.24) is 24.8 Å². The van der Waals surface area contributed by atoms with Crippen LogP contribution in [0, 0.1) is 5.92 Å². The third-order valence-corrected chi connectivity index (χ3v) is 9.43. The van der Waals surface area contributed by atoms with Crippen molar-refractivity contribution in [2.24, 2.45) is 5.92 Å². The molecular weight excluding hydrogens is 644 g/mol. The molecule has 1 fully saturated rings. The molecule has 1 aliphatic heterocycles. The van der Waals surface area contributed by atoms with E-state index in [4.69, 9.17) is 16.2 Å². The molecule has 2 amide bonds. The molecule has 12 nitrogen and oxygen atoms in total. The number of anilines is 3. The summed E-state index contributed by atoms with van der Waals surface area (Å²) in [5, 5.41) is 5.90. The third kappa shape index (κ3) is 8.95. The molecule has 0 saturated carbocycles. The number of pyridine rings is 1. The van der Waals surface area contributed by atoms with Crippen LogP contribution in [0.4, 0.5) is 17.2 Å². The monoisotopic (exact) mass is 690 g/mol. The van der Waals surface area contributed by atoms with Crippen molar-refractivity contribution in [2.75, 3.05) is 43.0 Å². The average Bonchev–Trinajstić information content (AvgIpc) is 3.45. The molecule has 3 aromatic carbocycles. The molecule has 2 aromatic heterocycles. The Labute approximate surface area is 297 Å². The lowest BCUT2D eigenvalue weighted by Gasteiger charge is -2.32. The van der Waals surface area contributed by atoms with E-state index < -0.39 is 0 Å². The Balaban J connectivity index is 0.956. The molecule has 0 unspecified atom stereocenters. The molecule has 7 N–H and O–H groups in total. The highest BCUT2D eigenvalue weighted by Crippen LogP contribution is 2.24. The van der Waals surface area contributed by atoms with E-state index in [1.54, 1.807) is 59.2 Å². The van der Waals surface area contributed by atoms with Gasteiger partial charge in [-0.05, 0) is 92.2 Å². The van der Waals surface area contributed by atoms with E-state index in [2.05, 4.69) is 56.7 Å². The number of amides is 2. The summed E-state index contributed by atoms with van der Waals surface area (Å²) in [5.74, 6) is 0.690. The van der Waals surface area contributed by atoms with E-state index in [0.717, 1.165) is 57.3 Å². The van der Waals surface area contributed by atoms with Crippen LogP contribution in [0.3, 0.4) is 0 Å². The molecule has 5 aromatic rings. The van der Waals surface area contributed by atoms with Gasteiger partial charge in [-0.15, -0.1) is 0 Å². The number of imidazole rings is 1. The fraction of sp³-hybridized carbons (Fsp3) is 0.333. The zero-order valence-electron chi connectivity index (χ0n) is 29.0. The molecule has 266 valence electrons. The molecule has 0 atom stereocenters. The van der Waals surface area contributed by atoms with Gasteiger partial charge in [0.05, 0.1) is 29.9 Å². The maximum atomic E-state index is 13.1. The average molecular weight is 691 g/mol. The topological polar surface area (TPSA) is 173 Å². The van der Waals surface area contributed by atoms with Crippen LogP contribution in [0.2, 0.25) is 0 Å². The second-order valence-corrected chi connectivity index (χ2v) is 13.2. The lowest BCUT2D eigenvalue weighted by molar-refractivity contribution is 0.0948. The summed E-state index contributed by atoms with van der Waals surface area (Å²) in [6.07, 6.45) is 4.95. The van der Waals surface area contributed by atoms with Crippen LogP contribution < -0.4 is 32.5 Å². The first-order valence-corrected chi connectivity index (χ1v) is 17.6. The molecular formula is C39H46N8O4. The Bertz CT molecular complexity index is 2010. The van der Waals surface area contributed by atoms with Crippen molar-refractivity contribution in [3.63, 3.8) is 0 Å². The molecule has 6 rings (SSSR count). The van der Waals surface area contributed by atoms with Crippen LogP contribution in [-0.2, 0) is 13.1 Å². The first kappa shape index (κ1) is 35.2. The highest BCUT2D eigenvalue weighted by molar-refractivity contribution is 6.09. The summed E-state index contributed by atoms with van der Waals surface area (Å²) in [6, 6.07) is 23.8. The number of hydrogen-bond donors (Lipinski definition) is 5. The molecule has 3 heterocycles. The summed E-state index contributed by atoms with van der Waals surface area (Å²) in [4.78, 5) is 48.2. The summed E-state index contributed by atoms with van der Waals surface area (Å²) >= 11 is 0. The number of rotatable bonds is 14. The van der Waals surface area contributed by atoms with Gasteiger partial charge >= 0.3 is 5.69 Å². The van der Waals surface area contributed by atoms with Crippen molar-refractivity contribution in [1.29, 1.82) is 0 Å². The SMILES string of the molecule is CCCCOc1cc2c([nH]c(=O)n2Cc2ccc(CN3CCC(CCNC(=O)c4ccccc4NC(=O)c4ccc(N)cc4)CC3)cc2)c(N)n1. The maximum absolute atomic E-state index is 13.1. The fourth-order valence-corrected chi connectivity index (χ4v) is 6.43. The van der Waals surface area contributed by atoms with Gasteiger partial charge in [-0.25, -0.2) is 4.79 Å². The lowest BCUT2D eigenvalue weighted by atomic mass is 9.93. The van der Waals surface area contributed by atoms with Gasteiger partial charge in [0.15, 0.2) is 5.82 Å². The number of unbranched alkanes of at least 4 members (excludes halogenated alkanes) is 1. The van der Waals surface area contributed by atoms with Crippen molar-refractivity contribution in [2.45, 2.75) is 52.1 Å². The first-order valence-electron chi connectivity index (χ1n) is 17.6. The predicted molar refractivity (Wildman–Crippen MR) is 201 cm³/mol. The van der Waals surface area contributed by atoms with Crippen molar-refractivity contribution >= 4 is 40.0 Å². The summed E-state index contributed by atoms with van der Waals surface area (Å²) in [6.45, 7) is 6.45. The smallest absolute Gasteiger partial charge is 0.326 e. The van der Waals surface area contributed by atoms with Crippen LogP contribution >= 0.6 is 0 Å². The van der Waals surface area contributed by atoms with Gasteiger partial charge in [0, 0.05) is 30.4 Å². The molecule has 0 aliphatic carbocycles. The van der Waals surface area contributed by atoms with Crippen molar-refractivity contribution in [3.05, 3.63) is 112 Å². The number of carbonyl (C=O) groups excluding carboxylic acids is 2. The van der Waals surface area contributed by atoms with Crippen LogP contribution in [-0.4, -0.2) is 57.5 Å². The van der Waals surface area contributed by atoms with E-state index in [1.807, 2.05) is 0 Å². The van der Waals surface area contributed by atoms with E-state index in [0.29, 0.717) is 65.0 Å². The van der Waals surface area contributed by atoms with Gasteiger partial charge in [-0.2, -0.15) is 4.98 Å². The number of likely N-dealkylation sites (tertiary alicyclic amines) is 1. The fourth-order valence-electron chi connectivity index (χ4n) is 6.43. The number of nitrogens with two attached hydrogens (primary N) is 2. The number of aromatic amines is 1. The summed E-state index contributed by atoms with van der Waals surface area (Å²) < 4.78 is 7.43. The van der Waals surface area contributed by atoms with Crippen LogP contribution in [0.15, 0.2) is 83.7 Å². The number of aromatic nitrogens is 3. The number of ether oxygens (including phenoxy) is 1. The minimum Gasteiger partial charge on any atom is -0.478 e. The zero-order chi connectivity index (χ0) is 35.7. The summed E-state index contributed by atoms with van der Waals surface area (Å²) in [7, 11) is 0. The lowest BCUT2D eigenvalue weighted by Crippen LogP contribution is -2.35. The Morgan fingerprint density at radius 3 is 2.37 bits per heavy atom. The Morgan fingerprint density at radius 1 is 0.941 bits per heavy atom. The van der Waals surface area contributed by atoms with Crippen molar-refractivity contribution in [3.8, 4) is 5.88 Å². The molecule has 51 heavy (non-hydrogen) atoms. The van der Waals surface area contributed by atoms with Gasteiger partial charge in [0.25, 0.3) is 11.8 Å². The maximum Gasteiger partial charge on any atom is 0.326 e. The van der Waals surface area contributed by atoms with Crippen LogP contribution in [0.1, 0.15) is 70.9 Å². The van der Waals surface area contributed by atoms with E-state index >= 15 is 0 Å². The molecule has 0 bridgehead atoms. The number of fused-ring (bicyclic) bond motifs is 1. The zero-order valence-corrected chi connectivity index (χ0v) is 29.0. The highest BCUT2D eigenvalue weighted by Gasteiger charge is 2.21. The molecule has 1 saturated heterocycles. The number of carbonyl (C=O) groups is 2. The van der Waals surface area contributed by atoms with Gasteiger partial charge in [-0.1, -0.05) is 49.7 Å². The van der Waals surface area contributed by atoms with Crippen LogP contribution in [0.5, 0.6) is 5.88 Å². The first-order chi connectivity index (χ1) is 24.8. The van der Waals surface area contributed by atoms with Gasteiger partial charge in [0.2, 0.25) is 5.88 Å². The normalized spacial score (nSPS) is 13.7. The van der Waals surface area contributed by atoms with Gasteiger partial charge < -0.3 is 31.8 Å². The van der Waals surface area contributed by atoms with Gasteiger partial charge in [-0.3, -0.25) is 19.1 Å². The van der Waals surface area contributed by atoms with Crippen LogP contribution in [0.25, 0.3) is 11.0 Å². The Morgan fingerprint density at radius 2 is 1.65 bits per heavy atom. The molecule has 0 radical (unpaired) electrons. The van der Waals surface area contributed by atoms with Gasteiger partial charge in [0.1, 0.15) is 5.52 Å².